The van der Waals surface area contributed by atoms with Gasteiger partial charge in [0.15, 0.2) is 0 Å². The van der Waals surface area contributed by atoms with Crippen LogP contribution in [0.2, 0.25) is 0 Å². The van der Waals surface area contributed by atoms with Crippen LogP contribution >= 0.6 is 0 Å². The average molecular weight is 502 g/mol. The number of benzene rings is 2. The molecule has 1 aliphatic heterocycles. The first-order chi connectivity index (χ1) is 16.6. The molecule has 0 spiro atoms. The maximum atomic E-state index is 13.2. The molecule has 1 atom stereocenters. The third-order valence-electron chi connectivity index (χ3n) is 5.75. The zero-order valence-electron chi connectivity index (χ0n) is 20.4. The highest BCUT2D eigenvalue weighted by atomic mass is 32.2. The van der Waals surface area contributed by atoms with Gasteiger partial charge in [-0.05, 0) is 57.0 Å². The van der Waals surface area contributed by atoms with Gasteiger partial charge in [0.05, 0.1) is 12.7 Å². The van der Waals surface area contributed by atoms with E-state index in [0.717, 1.165) is 9.87 Å². The molecule has 3 amide bonds. The minimum absolute atomic E-state index is 0.0186. The lowest BCUT2D eigenvalue weighted by Crippen LogP contribution is -2.49. The molecule has 9 nitrogen and oxygen atoms in total. The van der Waals surface area contributed by atoms with Crippen LogP contribution in [0.25, 0.3) is 0 Å². The highest BCUT2D eigenvalue weighted by Gasteiger charge is 2.40. The van der Waals surface area contributed by atoms with Crippen molar-refractivity contribution in [1.29, 1.82) is 0 Å². The van der Waals surface area contributed by atoms with E-state index in [-0.39, 0.29) is 54.2 Å². The van der Waals surface area contributed by atoms with Crippen molar-refractivity contribution < 1.29 is 27.5 Å². The van der Waals surface area contributed by atoms with E-state index < -0.39 is 22.0 Å². The van der Waals surface area contributed by atoms with Gasteiger partial charge in [0.2, 0.25) is 11.8 Å². The molecule has 10 heteroatoms. The number of carbonyl (C=O) groups excluding carboxylic acids is 3. The largest absolute Gasteiger partial charge is 0.497 e. The van der Waals surface area contributed by atoms with Crippen LogP contribution in [0.1, 0.15) is 49.5 Å². The molecule has 188 valence electrons. The summed E-state index contributed by atoms with van der Waals surface area (Å²) in [4.78, 5) is 40.0. The molecule has 2 aromatic carbocycles. The van der Waals surface area contributed by atoms with Crippen molar-refractivity contribution in [1.82, 2.24) is 14.5 Å². The van der Waals surface area contributed by atoms with E-state index in [2.05, 4.69) is 5.32 Å². The monoisotopic (exact) mass is 501 g/mol. The van der Waals surface area contributed by atoms with Gasteiger partial charge < -0.3 is 15.0 Å². The average Bonchev–Trinajstić information content (AvgIpc) is 3.02. The Bertz CT molecular complexity index is 1210. The number of nitrogens with one attached hydrogen (secondary N) is 1. The molecular weight excluding hydrogens is 470 g/mol. The predicted octanol–water partition coefficient (Wildman–Crippen LogP) is 2.56. The van der Waals surface area contributed by atoms with Gasteiger partial charge >= 0.3 is 0 Å². The molecule has 1 heterocycles. The highest BCUT2D eigenvalue weighted by molar-refractivity contribution is 7.90. The van der Waals surface area contributed by atoms with Crippen molar-refractivity contribution in [3.63, 3.8) is 0 Å². The lowest BCUT2D eigenvalue weighted by molar-refractivity contribution is -0.140. The third kappa shape index (κ3) is 5.82. The second kappa shape index (κ2) is 10.9. The Morgan fingerprint density at radius 1 is 1.09 bits per heavy atom. The molecule has 0 fully saturated rings. The molecular formula is C25H31N3O6S. The Labute approximate surface area is 206 Å². The summed E-state index contributed by atoms with van der Waals surface area (Å²) < 4.78 is 31.6. The predicted molar refractivity (Wildman–Crippen MR) is 130 cm³/mol. The highest BCUT2D eigenvalue weighted by Crippen LogP contribution is 2.30. The summed E-state index contributed by atoms with van der Waals surface area (Å²) in [6, 6.07) is 12.4. The smallest absolute Gasteiger partial charge is 0.269 e. The van der Waals surface area contributed by atoms with Crippen LogP contribution in [-0.2, 0) is 26.2 Å². The summed E-state index contributed by atoms with van der Waals surface area (Å²) in [5.41, 5.74) is 0.923. The third-order valence-corrected chi connectivity index (χ3v) is 7.59. The Balaban J connectivity index is 1.72. The molecule has 1 N–H and O–H groups in total. The molecule has 0 unspecified atom stereocenters. The topological polar surface area (TPSA) is 113 Å². The number of rotatable bonds is 10. The van der Waals surface area contributed by atoms with Crippen LogP contribution in [0.3, 0.4) is 0 Å². The number of methoxy groups -OCH3 is 1. The summed E-state index contributed by atoms with van der Waals surface area (Å²) in [6.45, 7) is 5.38. The van der Waals surface area contributed by atoms with Crippen molar-refractivity contribution in [2.24, 2.45) is 0 Å². The van der Waals surface area contributed by atoms with Crippen molar-refractivity contribution in [3.8, 4) is 5.75 Å². The standard InChI is InChI=1S/C25H31N3O6S/c1-17(2)26-24(30)18(3)27(16-19-9-7-10-20(15-19)34-4)23(29)13-8-14-28-25(31)21-11-5-6-12-22(21)35(28,32)33/h5-7,9-12,15,17-18H,8,13-14,16H2,1-4H3,(H,26,30)/t18-/m0/s1. The normalized spacial score (nSPS) is 15.0. The van der Waals surface area contributed by atoms with E-state index in [1.165, 1.54) is 17.0 Å². The molecule has 0 aliphatic carbocycles. The second-order valence-electron chi connectivity index (χ2n) is 8.69. The molecule has 0 saturated carbocycles. The summed E-state index contributed by atoms with van der Waals surface area (Å²) in [6.07, 6.45) is 0.101. The van der Waals surface area contributed by atoms with Gasteiger partial charge in [-0.25, -0.2) is 12.7 Å². The second-order valence-corrected chi connectivity index (χ2v) is 10.5. The van der Waals surface area contributed by atoms with Gasteiger partial charge in [0.1, 0.15) is 16.7 Å². The lowest BCUT2D eigenvalue weighted by atomic mass is 10.1. The number of hydrogen-bond donors (Lipinski definition) is 1. The number of amides is 3. The van der Waals surface area contributed by atoms with Gasteiger partial charge in [-0.1, -0.05) is 24.3 Å². The van der Waals surface area contributed by atoms with E-state index >= 15 is 0 Å². The summed E-state index contributed by atoms with van der Waals surface area (Å²) in [7, 11) is -2.38. The van der Waals surface area contributed by atoms with Gasteiger partial charge in [-0.3, -0.25) is 14.4 Å². The number of sulfonamides is 1. The van der Waals surface area contributed by atoms with Crippen LogP contribution in [0.4, 0.5) is 0 Å². The first-order valence-corrected chi connectivity index (χ1v) is 12.9. The summed E-state index contributed by atoms with van der Waals surface area (Å²) in [5.74, 6) is -0.567. The molecule has 0 saturated heterocycles. The molecule has 1 aliphatic rings. The Kier molecular flexibility index (Phi) is 8.16. The SMILES string of the molecule is COc1cccc(CN(C(=O)CCCN2C(=O)c3ccccc3S2(=O)=O)[C@@H](C)C(=O)NC(C)C)c1. The zero-order chi connectivity index (χ0) is 25.8. The number of hydrogen-bond acceptors (Lipinski definition) is 6. The van der Waals surface area contributed by atoms with Gasteiger partial charge in [-0.2, -0.15) is 0 Å². The van der Waals surface area contributed by atoms with Crippen LogP contribution in [-0.4, -0.2) is 61.1 Å². The number of nitrogens with zero attached hydrogens (tertiary/aromatic N) is 2. The van der Waals surface area contributed by atoms with E-state index in [0.29, 0.717) is 5.75 Å². The van der Waals surface area contributed by atoms with Crippen molar-refractivity contribution in [2.45, 2.75) is 57.1 Å². The van der Waals surface area contributed by atoms with Gasteiger partial charge in [-0.15, -0.1) is 0 Å². The summed E-state index contributed by atoms with van der Waals surface area (Å²) >= 11 is 0. The zero-order valence-corrected chi connectivity index (χ0v) is 21.2. The summed E-state index contributed by atoms with van der Waals surface area (Å²) in [5, 5.41) is 2.82. The van der Waals surface area contributed by atoms with Gasteiger partial charge in [0.25, 0.3) is 15.9 Å². The maximum absolute atomic E-state index is 13.2. The quantitative estimate of drug-likeness (QED) is 0.535. The van der Waals surface area contributed by atoms with Crippen LogP contribution in [0, 0.1) is 0 Å². The van der Waals surface area contributed by atoms with Crippen LogP contribution in [0.5, 0.6) is 5.75 Å². The van der Waals surface area contributed by atoms with E-state index in [1.807, 2.05) is 19.9 Å². The molecule has 3 rings (SSSR count). The fourth-order valence-electron chi connectivity index (χ4n) is 3.92. The molecule has 0 radical (unpaired) electrons. The van der Waals surface area contributed by atoms with Crippen LogP contribution < -0.4 is 10.1 Å². The molecule has 35 heavy (non-hydrogen) atoms. The minimum atomic E-state index is -3.93. The van der Waals surface area contributed by atoms with E-state index in [4.69, 9.17) is 4.74 Å². The molecule has 0 aromatic heterocycles. The molecule has 0 bridgehead atoms. The van der Waals surface area contributed by atoms with E-state index in [9.17, 15) is 22.8 Å². The Hall–Kier alpha value is -3.40. The van der Waals surface area contributed by atoms with E-state index in [1.54, 1.807) is 44.4 Å². The first kappa shape index (κ1) is 26.2. The maximum Gasteiger partial charge on any atom is 0.269 e. The van der Waals surface area contributed by atoms with Crippen LogP contribution in [0.15, 0.2) is 53.4 Å². The Morgan fingerprint density at radius 2 is 1.80 bits per heavy atom. The number of ether oxygens (including phenoxy) is 1. The Morgan fingerprint density at radius 3 is 2.46 bits per heavy atom. The van der Waals surface area contributed by atoms with Crippen molar-refractivity contribution in [2.75, 3.05) is 13.7 Å². The minimum Gasteiger partial charge on any atom is -0.497 e. The first-order valence-electron chi connectivity index (χ1n) is 11.4. The number of fused-ring (bicyclic) bond motifs is 1. The fourth-order valence-corrected chi connectivity index (χ4v) is 5.53. The molecule has 2 aromatic rings. The number of carbonyl (C=O) groups is 3. The van der Waals surface area contributed by atoms with Gasteiger partial charge in [0, 0.05) is 25.6 Å². The van der Waals surface area contributed by atoms with Crippen molar-refractivity contribution >= 4 is 27.7 Å². The lowest BCUT2D eigenvalue weighted by Gasteiger charge is -2.29. The fraction of sp³-hybridized carbons (Fsp3) is 0.400. The van der Waals surface area contributed by atoms with Crippen molar-refractivity contribution in [3.05, 3.63) is 59.7 Å².